The van der Waals surface area contributed by atoms with E-state index in [0.717, 1.165) is 5.69 Å². The second kappa shape index (κ2) is 4.93. The van der Waals surface area contributed by atoms with Crippen LogP contribution in [0.5, 0.6) is 11.5 Å². The first-order valence-electron chi connectivity index (χ1n) is 5.42. The number of anilines is 1. The summed E-state index contributed by atoms with van der Waals surface area (Å²) >= 11 is 0. The summed E-state index contributed by atoms with van der Waals surface area (Å²) in [5.41, 5.74) is 1.29. The molecule has 0 fully saturated rings. The van der Waals surface area contributed by atoms with Crippen molar-refractivity contribution in [2.45, 2.75) is 13.2 Å². The maximum absolute atomic E-state index is 8.90. The van der Waals surface area contributed by atoms with E-state index < -0.39 is 0 Å². The summed E-state index contributed by atoms with van der Waals surface area (Å²) in [5, 5.41) is 12.1. The van der Waals surface area contributed by atoms with Gasteiger partial charge in [0.25, 0.3) is 0 Å². The maximum atomic E-state index is 8.90. The highest BCUT2D eigenvalue weighted by Gasteiger charge is 2.23. The number of benzene rings is 1. The molecule has 1 aromatic rings. The third-order valence-corrected chi connectivity index (χ3v) is 2.46. The van der Waals surface area contributed by atoms with Gasteiger partial charge in [0.1, 0.15) is 0 Å². The van der Waals surface area contributed by atoms with E-state index in [1.54, 1.807) is 19.2 Å². The predicted molar refractivity (Wildman–Crippen MR) is 62.2 cm³/mol. The summed E-state index contributed by atoms with van der Waals surface area (Å²) in [4.78, 5) is 0. The minimum Gasteiger partial charge on any atom is -0.493 e. The molecular formula is C12H14N2O3. The largest absolute Gasteiger partial charge is 0.493 e. The first-order chi connectivity index (χ1) is 8.28. The molecule has 1 atom stereocenters. The maximum Gasteiger partial charge on any atom is 0.217 e. The zero-order chi connectivity index (χ0) is 12.3. The number of nitrogens with zero attached hydrogens (tertiary/aromatic N) is 1. The number of methoxy groups -OCH3 is 1. The van der Waals surface area contributed by atoms with E-state index >= 15 is 0 Å². The molecule has 0 amide bonds. The van der Waals surface area contributed by atoms with Crippen molar-refractivity contribution < 1.29 is 14.2 Å². The third-order valence-electron chi connectivity index (χ3n) is 2.46. The Morgan fingerprint density at radius 3 is 3.06 bits per heavy atom. The van der Waals surface area contributed by atoms with Crippen LogP contribution in [0, 0.1) is 11.3 Å². The average Bonchev–Trinajstić information content (AvgIpc) is 2.37. The fraction of sp³-hybridized carbons (Fsp3) is 0.417. The van der Waals surface area contributed by atoms with Crippen LogP contribution in [0.1, 0.15) is 12.5 Å². The van der Waals surface area contributed by atoms with Crippen molar-refractivity contribution in [1.82, 2.24) is 0 Å². The number of ether oxygens (including phenoxy) is 3. The van der Waals surface area contributed by atoms with Crippen molar-refractivity contribution >= 4 is 5.69 Å². The molecular weight excluding hydrogens is 220 g/mol. The zero-order valence-electron chi connectivity index (χ0n) is 9.82. The van der Waals surface area contributed by atoms with Gasteiger partial charge in [-0.3, -0.25) is 0 Å². The minimum absolute atomic E-state index is 0.325. The molecule has 0 aromatic heterocycles. The van der Waals surface area contributed by atoms with Gasteiger partial charge >= 0.3 is 0 Å². The summed E-state index contributed by atoms with van der Waals surface area (Å²) in [6.45, 7) is 3.05. The molecule has 17 heavy (non-hydrogen) atoms. The molecule has 5 nitrogen and oxygen atoms in total. The number of hydrogen-bond donors (Lipinski definition) is 1. The normalized spacial score (nSPS) is 17.4. The van der Waals surface area contributed by atoms with Gasteiger partial charge in [-0.1, -0.05) is 0 Å². The Kier molecular flexibility index (Phi) is 3.35. The average molecular weight is 234 g/mol. The Bertz CT molecular complexity index is 437. The molecule has 1 heterocycles. The van der Waals surface area contributed by atoms with Gasteiger partial charge < -0.3 is 19.5 Å². The lowest BCUT2D eigenvalue weighted by molar-refractivity contribution is -0.0696. The number of nitriles is 1. The Hall–Kier alpha value is -1.93. The second-order valence-corrected chi connectivity index (χ2v) is 3.55. The standard InChI is InChI=1S/C12H14N2O3/c1-3-16-11-7-14-9-4-8(6-13)5-10(15-2)12(9)17-11/h4-5,11,14H,3,7H2,1-2H3. The Morgan fingerprint density at radius 2 is 2.41 bits per heavy atom. The van der Waals surface area contributed by atoms with Crippen molar-refractivity contribution in [3.63, 3.8) is 0 Å². The molecule has 5 heteroatoms. The van der Waals surface area contributed by atoms with E-state index in [1.165, 1.54) is 0 Å². The van der Waals surface area contributed by atoms with E-state index in [0.29, 0.717) is 30.2 Å². The zero-order valence-corrected chi connectivity index (χ0v) is 9.82. The van der Waals surface area contributed by atoms with Gasteiger partial charge in [0.15, 0.2) is 11.5 Å². The Balaban J connectivity index is 2.33. The monoisotopic (exact) mass is 234 g/mol. The minimum atomic E-state index is -0.325. The lowest BCUT2D eigenvalue weighted by Crippen LogP contribution is -2.33. The highest BCUT2D eigenvalue weighted by Crippen LogP contribution is 2.39. The SMILES string of the molecule is CCOC1CNc2cc(C#N)cc(OC)c2O1. The molecule has 2 rings (SSSR count). The predicted octanol–water partition coefficient (Wildman–Crippen LogP) is 1.73. The van der Waals surface area contributed by atoms with Gasteiger partial charge in [0.2, 0.25) is 6.29 Å². The smallest absolute Gasteiger partial charge is 0.217 e. The van der Waals surface area contributed by atoms with Gasteiger partial charge in [0, 0.05) is 12.7 Å². The van der Waals surface area contributed by atoms with E-state index in [-0.39, 0.29) is 6.29 Å². The first-order valence-corrected chi connectivity index (χ1v) is 5.42. The van der Waals surface area contributed by atoms with Crippen LogP contribution in [0.2, 0.25) is 0 Å². The molecule has 1 aromatic carbocycles. The van der Waals surface area contributed by atoms with Crippen LogP contribution >= 0.6 is 0 Å². The molecule has 0 aliphatic carbocycles. The summed E-state index contributed by atoms with van der Waals surface area (Å²) in [7, 11) is 1.55. The molecule has 90 valence electrons. The molecule has 1 N–H and O–H groups in total. The molecule has 1 aliphatic rings. The summed E-state index contributed by atoms with van der Waals surface area (Å²) in [6, 6.07) is 5.47. The van der Waals surface area contributed by atoms with Crippen molar-refractivity contribution in [3.8, 4) is 17.6 Å². The van der Waals surface area contributed by atoms with Crippen LogP contribution < -0.4 is 14.8 Å². The fourth-order valence-corrected chi connectivity index (χ4v) is 1.72. The van der Waals surface area contributed by atoms with Crippen LogP contribution in [0.3, 0.4) is 0 Å². The number of rotatable bonds is 3. The molecule has 1 unspecified atom stereocenters. The molecule has 1 aliphatic heterocycles. The van der Waals surface area contributed by atoms with E-state index in [9.17, 15) is 0 Å². The molecule has 0 saturated carbocycles. The lowest BCUT2D eigenvalue weighted by atomic mass is 10.1. The Labute approximate surface area is 99.9 Å². The van der Waals surface area contributed by atoms with Crippen molar-refractivity contribution in [2.24, 2.45) is 0 Å². The van der Waals surface area contributed by atoms with Gasteiger partial charge in [-0.25, -0.2) is 0 Å². The molecule has 0 saturated heterocycles. The second-order valence-electron chi connectivity index (χ2n) is 3.55. The van der Waals surface area contributed by atoms with Crippen molar-refractivity contribution in [2.75, 3.05) is 25.6 Å². The number of hydrogen-bond acceptors (Lipinski definition) is 5. The van der Waals surface area contributed by atoms with E-state index in [4.69, 9.17) is 19.5 Å². The van der Waals surface area contributed by atoms with E-state index in [2.05, 4.69) is 11.4 Å². The summed E-state index contributed by atoms with van der Waals surface area (Å²) < 4.78 is 16.3. The van der Waals surface area contributed by atoms with Gasteiger partial charge in [0.05, 0.1) is 31.0 Å². The van der Waals surface area contributed by atoms with E-state index in [1.807, 2.05) is 6.92 Å². The molecule has 0 bridgehead atoms. The van der Waals surface area contributed by atoms with Crippen LogP contribution in [0.25, 0.3) is 0 Å². The van der Waals surface area contributed by atoms with Crippen molar-refractivity contribution in [3.05, 3.63) is 17.7 Å². The summed E-state index contributed by atoms with van der Waals surface area (Å²) in [5.74, 6) is 1.13. The fourth-order valence-electron chi connectivity index (χ4n) is 1.72. The first kappa shape index (κ1) is 11.6. The van der Waals surface area contributed by atoms with Crippen LogP contribution in [-0.4, -0.2) is 26.6 Å². The topological polar surface area (TPSA) is 63.5 Å². The Morgan fingerprint density at radius 1 is 1.59 bits per heavy atom. The number of nitrogens with one attached hydrogen (secondary N) is 1. The van der Waals surface area contributed by atoms with Gasteiger partial charge in [-0.2, -0.15) is 5.26 Å². The highest BCUT2D eigenvalue weighted by atomic mass is 16.7. The van der Waals surface area contributed by atoms with Gasteiger partial charge in [-0.15, -0.1) is 0 Å². The number of fused-ring (bicyclic) bond motifs is 1. The lowest BCUT2D eigenvalue weighted by Gasteiger charge is -2.28. The van der Waals surface area contributed by atoms with Crippen LogP contribution in [0.4, 0.5) is 5.69 Å². The molecule has 0 radical (unpaired) electrons. The third kappa shape index (κ3) is 2.27. The highest BCUT2D eigenvalue weighted by molar-refractivity contribution is 5.67. The van der Waals surface area contributed by atoms with Crippen LogP contribution in [-0.2, 0) is 4.74 Å². The molecule has 0 spiro atoms. The van der Waals surface area contributed by atoms with Crippen molar-refractivity contribution in [1.29, 1.82) is 5.26 Å². The van der Waals surface area contributed by atoms with Crippen LogP contribution in [0.15, 0.2) is 12.1 Å². The summed E-state index contributed by atoms with van der Waals surface area (Å²) in [6.07, 6.45) is -0.325. The quantitative estimate of drug-likeness (QED) is 0.862. The van der Waals surface area contributed by atoms with Gasteiger partial charge in [-0.05, 0) is 13.0 Å².